The van der Waals surface area contributed by atoms with Crippen molar-refractivity contribution in [3.05, 3.63) is 107 Å². The third-order valence-electron chi connectivity index (χ3n) is 7.13. The van der Waals surface area contributed by atoms with E-state index in [2.05, 4.69) is 41.9 Å². The van der Waals surface area contributed by atoms with Gasteiger partial charge in [0.1, 0.15) is 0 Å². The molecule has 0 bridgehead atoms. The zero-order chi connectivity index (χ0) is 26.0. The summed E-state index contributed by atoms with van der Waals surface area (Å²) in [6.45, 7) is 8.15. The van der Waals surface area contributed by atoms with Crippen LogP contribution in [0.15, 0.2) is 83.9 Å². The highest BCUT2D eigenvalue weighted by molar-refractivity contribution is 7.90. The zero-order valence-electron chi connectivity index (χ0n) is 21.2. The van der Waals surface area contributed by atoms with Crippen LogP contribution in [0.25, 0.3) is 10.9 Å². The van der Waals surface area contributed by atoms with Crippen molar-refractivity contribution in [2.24, 2.45) is 0 Å². The normalized spacial score (nSPS) is 14.7. The summed E-state index contributed by atoms with van der Waals surface area (Å²) in [5.74, 6) is -0.160. The van der Waals surface area contributed by atoms with Crippen LogP contribution in [0.4, 0.5) is 0 Å². The number of piperazine rings is 1. The molecule has 2 heterocycles. The molecule has 1 saturated heterocycles. The van der Waals surface area contributed by atoms with Gasteiger partial charge in [-0.15, -0.1) is 0 Å². The molecule has 37 heavy (non-hydrogen) atoms. The Labute approximate surface area is 218 Å². The lowest BCUT2D eigenvalue weighted by Gasteiger charge is -2.35. The Morgan fingerprint density at radius 2 is 1.54 bits per heavy atom. The average Bonchev–Trinajstić information content (AvgIpc) is 2.91. The van der Waals surface area contributed by atoms with Gasteiger partial charge < -0.3 is 4.90 Å². The quantitative estimate of drug-likeness (QED) is 0.371. The third-order valence-corrected chi connectivity index (χ3v) is 8.84. The molecule has 0 spiro atoms. The molecule has 1 aromatic heterocycles. The van der Waals surface area contributed by atoms with Gasteiger partial charge in [0.05, 0.1) is 16.2 Å². The Morgan fingerprint density at radius 1 is 0.838 bits per heavy atom. The van der Waals surface area contributed by atoms with Crippen LogP contribution in [-0.2, 0) is 22.1 Å². The van der Waals surface area contributed by atoms with Crippen LogP contribution in [0.1, 0.15) is 32.6 Å². The van der Waals surface area contributed by atoms with Gasteiger partial charge in [-0.25, -0.2) is 8.42 Å². The van der Waals surface area contributed by atoms with Crippen molar-refractivity contribution in [1.82, 2.24) is 14.8 Å². The average molecular weight is 514 g/mol. The summed E-state index contributed by atoms with van der Waals surface area (Å²) in [5.41, 5.74) is 5.60. The minimum Gasteiger partial charge on any atom is -0.336 e. The molecule has 0 N–H and O–H groups in total. The van der Waals surface area contributed by atoms with Crippen molar-refractivity contribution in [1.29, 1.82) is 0 Å². The van der Waals surface area contributed by atoms with Crippen molar-refractivity contribution in [3.63, 3.8) is 0 Å². The molecule has 1 aliphatic heterocycles. The third kappa shape index (κ3) is 5.58. The first-order valence-electron chi connectivity index (χ1n) is 12.5. The predicted molar refractivity (Wildman–Crippen MR) is 146 cm³/mol. The van der Waals surface area contributed by atoms with Gasteiger partial charge in [-0.1, -0.05) is 48.5 Å². The van der Waals surface area contributed by atoms with Gasteiger partial charge in [0.15, 0.2) is 9.84 Å². The molecule has 4 aromatic rings. The Hall–Kier alpha value is -3.55. The Kier molecular flexibility index (Phi) is 7.09. The summed E-state index contributed by atoms with van der Waals surface area (Å²) >= 11 is 0. The molecule has 0 radical (unpaired) electrons. The number of hydrogen-bond acceptors (Lipinski definition) is 5. The number of aryl methyl sites for hydroxylation is 2. The molecule has 1 amide bonds. The summed E-state index contributed by atoms with van der Waals surface area (Å²) in [4.78, 5) is 21.9. The highest BCUT2D eigenvalue weighted by Gasteiger charge is 2.23. The number of benzene rings is 3. The first kappa shape index (κ1) is 25.1. The molecule has 6 nitrogen and oxygen atoms in total. The van der Waals surface area contributed by atoms with Gasteiger partial charge in [0, 0.05) is 49.9 Å². The number of rotatable bonds is 6. The van der Waals surface area contributed by atoms with E-state index in [4.69, 9.17) is 0 Å². The summed E-state index contributed by atoms with van der Waals surface area (Å²) in [7, 11) is -3.59. The van der Waals surface area contributed by atoms with E-state index in [1.807, 2.05) is 17.0 Å². The minimum atomic E-state index is -3.59. The van der Waals surface area contributed by atoms with Gasteiger partial charge in [0.2, 0.25) is 0 Å². The van der Waals surface area contributed by atoms with Crippen molar-refractivity contribution in [2.45, 2.75) is 31.0 Å². The van der Waals surface area contributed by atoms with E-state index in [-0.39, 0.29) is 16.6 Å². The molecular formula is C30H31N3O3S. The minimum absolute atomic E-state index is 0.0153. The highest BCUT2D eigenvalue weighted by Crippen LogP contribution is 2.24. The number of aromatic nitrogens is 1. The summed E-state index contributed by atoms with van der Waals surface area (Å²) in [6, 6.07) is 22.4. The highest BCUT2D eigenvalue weighted by atomic mass is 32.2. The maximum Gasteiger partial charge on any atom is 0.253 e. The topological polar surface area (TPSA) is 70.6 Å². The lowest BCUT2D eigenvalue weighted by molar-refractivity contribution is 0.0628. The van der Waals surface area contributed by atoms with Crippen LogP contribution < -0.4 is 0 Å². The molecule has 7 heteroatoms. The van der Waals surface area contributed by atoms with Gasteiger partial charge >= 0.3 is 0 Å². The SMILES string of the molecule is Cc1ccc(CN2CCN(C(=O)c3ccc(CS(=O)(=O)c4cccc5cccnc45)cc3)CC2)cc1C. The monoisotopic (exact) mass is 513 g/mol. The van der Waals surface area contributed by atoms with Crippen LogP contribution in [-0.4, -0.2) is 55.3 Å². The standard InChI is InChI=1S/C30H31N3O3S/c1-22-8-9-25(19-23(22)2)20-32-15-17-33(18-16-32)30(34)27-12-10-24(11-13-27)21-37(35,36)28-7-3-5-26-6-4-14-31-29(26)28/h3-14,19H,15-18,20-21H2,1-2H3. The van der Waals surface area contributed by atoms with Crippen molar-refractivity contribution < 1.29 is 13.2 Å². The number of para-hydroxylation sites is 1. The van der Waals surface area contributed by atoms with Gasteiger partial charge in [-0.3, -0.25) is 14.7 Å². The maximum atomic E-state index is 13.2. The van der Waals surface area contributed by atoms with E-state index in [0.717, 1.165) is 25.0 Å². The van der Waals surface area contributed by atoms with Crippen LogP contribution in [0, 0.1) is 13.8 Å². The number of pyridine rings is 1. The van der Waals surface area contributed by atoms with E-state index in [0.29, 0.717) is 29.7 Å². The first-order valence-corrected chi connectivity index (χ1v) is 14.2. The fourth-order valence-electron chi connectivity index (χ4n) is 4.82. The van der Waals surface area contributed by atoms with E-state index >= 15 is 0 Å². The van der Waals surface area contributed by atoms with Gasteiger partial charge in [0.25, 0.3) is 5.91 Å². The molecule has 0 unspecified atom stereocenters. The van der Waals surface area contributed by atoms with E-state index in [1.54, 1.807) is 48.7 Å². The number of carbonyl (C=O) groups excluding carboxylic acids is 1. The Balaban J connectivity index is 1.21. The smallest absolute Gasteiger partial charge is 0.253 e. The summed E-state index contributed by atoms with van der Waals surface area (Å²) in [5, 5.41) is 0.790. The van der Waals surface area contributed by atoms with E-state index in [1.165, 1.54) is 16.7 Å². The zero-order valence-corrected chi connectivity index (χ0v) is 22.0. The number of carbonyl (C=O) groups is 1. The second-order valence-corrected chi connectivity index (χ2v) is 11.7. The lowest BCUT2D eigenvalue weighted by atomic mass is 10.1. The second-order valence-electron chi connectivity index (χ2n) is 9.77. The molecule has 3 aromatic carbocycles. The van der Waals surface area contributed by atoms with Crippen molar-refractivity contribution in [3.8, 4) is 0 Å². The molecule has 1 fully saturated rings. The van der Waals surface area contributed by atoms with Crippen molar-refractivity contribution in [2.75, 3.05) is 26.2 Å². The van der Waals surface area contributed by atoms with Crippen LogP contribution in [0.3, 0.4) is 0 Å². The second kappa shape index (κ2) is 10.4. The number of hydrogen-bond donors (Lipinski definition) is 0. The number of nitrogens with zero attached hydrogens (tertiary/aromatic N) is 3. The fraction of sp³-hybridized carbons (Fsp3) is 0.267. The maximum absolute atomic E-state index is 13.2. The first-order chi connectivity index (χ1) is 17.8. The molecule has 1 aliphatic rings. The lowest BCUT2D eigenvalue weighted by Crippen LogP contribution is -2.48. The molecule has 190 valence electrons. The fourth-order valence-corrected chi connectivity index (χ4v) is 6.36. The summed E-state index contributed by atoms with van der Waals surface area (Å²) in [6.07, 6.45) is 1.60. The van der Waals surface area contributed by atoms with Crippen LogP contribution in [0.2, 0.25) is 0 Å². The number of amides is 1. The van der Waals surface area contributed by atoms with Gasteiger partial charge in [-0.2, -0.15) is 0 Å². The van der Waals surface area contributed by atoms with E-state index < -0.39 is 9.84 Å². The molecule has 5 rings (SSSR count). The molecule has 0 saturated carbocycles. The van der Waals surface area contributed by atoms with E-state index in [9.17, 15) is 13.2 Å². The van der Waals surface area contributed by atoms with Crippen LogP contribution >= 0.6 is 0 Å². The number of fused-ring (bicyclic) bond motifs is 1. The predicted octanol–water partition coefficient (Wildman–Crippen LogP) is 4.78. The molecular weight excluding hydrogens is 482 g/mol. The Morgan fingerprint density at radius 3 is 2.27 bits per heavy atom. The summed E-state index contributed by atoms with van der Waals surface area (Å²) < 4.78 is 26.3. The van der Waals surface area contributed by atoms with Crippen molar-refractivity contribution >= 4 is 26.6 Å². The van der Waals surface area contributed by atoms with Gasteiger partial charge in [-0.05, 0) is 60.4 Å². The Bertz CT molecular complexity index is 1540. The van der Waals surface area contributed by atoms with Crippen LogP contribution in [0.5, 0.6) is 0 Å². The molecule has 0 aliphatic carbocycles. The largest absolute Gasteiger partial charge is 0.336 e. The molecule has 0 atom stereocenters. The number of sulfone groups is 1.